The summed E-state index contributed by atoms with van der Waals surface area (Å²) in [6.45, 7) is 5.38. The van der Waals surface area contributed by atoms with Gasteiger partial charge in [0.1, 0.15) is 22.9 Å². The molecule has 36 heavy (non-hydrogen) atoms. The van der Waals surface area contributed by atoms with E-state index in [4.69, 9.17) is 9.47 Å². The molecule has 0 spiro atoms. The molecule has 7 nitrogen and oxygen atoms in total. The average molecular weight is 576 g/mol. The summed E-state index contributed by atoms with van der Waals surface area (Å²) in [5, 5.41) is 2.97. The summed E-state index contributed by atoms with van der Waals surface area (Å²) in [5.74, 6) is 0.210. The van der Waals surface area contributed by atoms with Gasteiger partial charge in [-0.2, -0.15) is 0 Å². The maximum atomic E-state index is 14.0. The van der Waals surface area contributed by atoms with E-state index in [0.29, 0.717) is 30.0 Å². The number of carbonyl (C=O) groups is 1. The van der Waals surface area contributed by atoms with Crippen molar-refractivity contribution < 1.29 is 22.7 Å². The predicted molar refractivity (Wildman–Crippen MR) is 147 cm³/mol. The largest absolute Gasteiger partial charge is 0.497 e. The van der Waals surface area contributed by atoms with Gasteiger partial charge < -0.3 is 14.8 Å². The molecule has 0 aliphatic heterocycles. The van der Waals surface area contributed by atoms with E-state index in [2.05, 4.69) is 21.2 Å². The molecule has 3 rings (SSSR count). The Hall–Kier alpha value is -3.04. The molecule has 192 valence electrons. The lowest BCUT2D eigenvalue weighted by atomic mass is 10.0. The minimum atomic E-state index is -4.19. The Kier molecular flexibility index (Phi) is 9.03. The van der Waals surface area contributed by atoms with E-state index in [1.807, 2.05) is 26.0 Å². The molecule has 0 saturated heterocycles. The third kappa shape index (κ3) is 6.02. The van der Waals surface area contributed by atoms with Crippen LogP contribution in [0.15, 0.2) is 64.0 Å². The molecule has 0 bridgehead atoms. The van der Waals surface area contributed by atoms with Crippen LogP contribution in [0.3, 0.4) is 0 Å². The molecule has 0 aliphatic carbocycles. The number of nitrogens with zero attached hydrogens (tertiary/aromatic N) is 1. The molecule has 1 amide bonds. The highest BCUT2D eigenvalue weighted by Gasteiger charge is 2.31. The van der Waals surface area contributed by atoms with E-state index in [9.17, 15) is 13.2 Å². The topological polar surface area (TPSA) is 84.9 Å². The summed E-state index contributed by atoms with van der Waals surface area (Å²) in [4.78, 5) is 13.4. The Morgan fingerprint density at radius 1 is 0.972 bits per heavy atom. The highest BCUT2D eigenvalue weighted by molar-refractivity contribution is 9.10. The number of amides is 1. The highest BCUT2D eigenvalue weighted by atomic mass is 79.9. The van der Waals surface area contributed by atoms with Gasteiger partial charge in [0.05, 0.1) is 19.9 Å². The first-order valence-corrected chi connectivity index (χ1v) is 13.8. The van der Waals surface area contributed by atoms with Gasteiger partial charge in [-0.05, 0) is 72.9 Å². The number of carbonyl (C=O) groups excluding carboxylic acids is 1. The second kappa shape index (κ2) is 11.8. The van der Waals surface area contributed by atoms with Crippen molar-refractivity contribution in [3.63, 3.8) is 0 Å². The summed E-state index contributed by atoms with van der Waals surface area (Å²) < 4.78 is 40.6. The zero-order valence-corrected chi connectivity index (χ0v) is 23.5. The lowest BCUT2D eigenvalue weighted by Crippen LogP contribution is -2.38. The highest BCUT2D eigenvalue weighted by Crippen LogP contribution is 2.33. The number of rotatable bonds is 10. The molecule has 0 aromatic heterocycles. The maximum absolute atomic E-state index is 14.0. The number of anilines is 2. The molecule has 0 aliphatic rings. The van der Waals surface area contributed by atoms with Crippen molar-refractivity contribution in [3.8, 4) is 11.5 Å². The smallest absolute Gasteiger partial charge is 0.268 e. The van der Waals surface area contributed by atoms with Crippen molar-refractivity contribution in [2.45, 2.75) is 38.5 Å². The van der Waals surface area contributed by atoms with Crippen molar-refractivity contribution in [2.75, 3.05) is 30.4 Å². The Labute approximate surface area is 221 Å². The van der Waals surface area contributed by atoms with Gasteiger partial charge >= 0.3 is 0 Å². The van der Waals surface area contributed by atoms with Gasteiger partial charge in [-0.3, -0.25) is 9.10 Å². The summed E-state index contributed by atoms with van der Waals surface area (Å²) in [5.41, 5.74) is 3.69. The number of benzene rings is 3. The molecule has 0 saturated carbocycles. The standard InChI is InChI=1S/C27H31BrN2O5S/c1-6-19-14-21(28)15-20(7-2)27(19)29-26(31)17-30(22-9-8-10-23(16-22)34-4)36(32,33)25-13-18(3)11-12-24(25)35-5/h8-16H,6-7,17H2,1-5H3,(H,29,31). The first-order chi connectivity index (χ1) is 17.1. The first kappa shape index (κ1) is 27.5. The quantitative estimate of drug-likeness (QED) is 0.334. The van der Waals surface area contributed by atoms with Crippen molar-refractivity contribution in [1.29, 1.82) is 0 Å². The Morgan fingerprint density at radius 2 is 1.64 bits per heavy atom. The van der Waals surface area contributed by atoms with Crippen molar-refractivity contribution in [1.82, 2.24) is 0 Å². The van der Waals surface area contributed by atoms with Crippen LogP contribution in [0.5, 0.6) is 11.5 Å². The number of halogens is 1. The number of ether oxygens (including phenoxy) is 2. The van der Waals surface area contributed by atoms with E-state index in [1.54, 1.807) is 49.4 Å². The molecule has 0 unspecified atom stereocenters. The van der Waals surface area contributed by atoms with E-state index in [1.165, 1.54) is 14.2 Å². The van der Waals surface area contributed by atoms with Gasteiger partial charge in [0.25, 0.3) is 10.0 Å². The summed E-state index contributed by atoms with van der Waals surface area (Å²) in [7, 11) is -1.27. The molecule has 9 heteroatoms. The minimum Gasteiger partial charge on any atom is -0.497 e. The number of nitrogens with one attached hydrogen (secondary N) is 1. The van der Waals surface area contributed by atoms with Crippen LogP contribution in [0.2, 0.25) is 0 Å². The van der Waals surface area contributed by atoms with Crippen molar-refractivity contribution >= 4 is 43.2 Å². The molecule has 3 aromatic rings. The fourth-order valence-electron chi connectivity index (χ4n) is 3.94. The van der Waals surface area contributed by atoms with Crippen LogP contribution in [0.25, 0.3) is 0 Å². The van der Waals surface area contributed by atoms with E-state index in [0.717, 1.165) is 25.5 Å². The van der Waals surface area contributed by atoms with Gasteiger partial charge in [-0.25, -0.2) is 8.42 Å². The van der Waals surface area contributed by atoms with E-state index in [-0.39, 0.29) is 10.6 Å². The number of methoxy groups -OCH3 is 2. The molecule has 3 aromatic carbocycles. The lowest BCUT2D eigenvalue weighted by Gasteiger charge is -2.26. The fraction of sp³-hybridized carbons (Fsp3) is 0.296. The predicted octanol–water partition coefficient (Wildman–Crippen LogP) is 5.73. The number of hydrogen-bond donors (Lipinski definition) is 1. The SMILES string of the molecule is CCc1cc(Br)cc(CC)c1NC(=O)CN(c1cccc(OC)c1)S(=O)(=O)c1cc(C)ccc1OC. The van der Waals surface area contributed by atoms with Crippen molar-refractivity contribution in [3.05, 3.63) is 75.8 Å². The minimum absolute atomic E-state index is 0.0206. The molecular weight excluding hydrogens is 544 g/mol. The Bertz CT molecular complexity index is 1330. The third-order valence-corrected chi connectivity index (χ3v) is 8.06. The van der Waals surface area contributed by atoms with Gasteiger partial charge in [-0.1, -0.05) is 41.9 Å². The summed E-state index contributed by atoms with van der Waals surface area (Å²) in [6.07, 6.45) is 1.42. The Morgan fingerprint density at radius 3 is 2.22 bits per heavy atom. The normalized spacial score (nSPS) is 11.2. The van der Waals surface area contributed by atoms with Gasteiger partial charge in [0.2, 0.25) is 5.91 Å². The number of hydrogen-bond acceptors (Lipinski definition) is 5. The molecular formula is C27H31BrN2O5S. The second-order valence-corrected chi connectivity index (χ2v) is 11.0. The van der Waals surface area contributed by atoms with Crippen LogP contribution >= 0.6 is 15.9 Å². The van der Waals surface area contributed by atoms with Gasteiger partial charge in [-0.15, -0.1) is 0 Å². The van der Waals surface area contributed by atoms with E-state index < -0.39 is 22.5 Å². The van der Waals surface area contributed by atoms with Gasteiger partial charge in [0.15, 0.2) is 0 Å². The molecule has 0 radical (unpaired) electrons. The third-order valence-electron chi connectivity index (χ3n) is 5.81. The molecule has 0 heterocycles. The van der Waals surface area contributed by atoms with Crippen LogP contribution in [-0.4, -0.2) is 35.1 Å². The monoisotopic (exact) mass is 574 g/mol. The van der Waals surface area contributed by atoms with Gasteiger partial charge in [0, 0.05) is 16.2 Å². The summed E-state index contributed by atoms with van der Waals surface area (Å²) in [6, 6.07) is 15.4. The van der Waals surface area contributed by atoms with Crippen LogP contribution in [0.4, 0.5) is 11.4 Å². The Balaban J connectivity index is 2.08. The number of aryl methyl sites for hydroxylation is 3. The first-order valence-electron chi connectivity index (χ1n) is 11.6. The van der Waals surface area contributed by atoms with Crippen LogP contribution in [0, 0.1) is 6.92 Å². The summed E-state index contributed by atoms with van der Waals surface area (Å²) >= 11 is 3.53. The number of sulfonamides is 1. The average Bonchev–Trinajstić information content (AvgIpc) is 2.87. The molecule has 0 fully saturated rings. The van der Waals surface area contributed by atoms with Crippen LogP contribution in [0.1, 0.15) is 30.5 Å². The lowest BCUT2D eigenvalue weighted by molar-refractivity contribution is -0.114. The van der Waals surface area contributed by atoms with Crippen LogP contribution < -0.4 is 19.1 Å². The van der Waals surface area contributed by atoms with E-state index >= 15 is 0 Å². The second-order valence-electron chi connectivity index (χ2n) is 8.22. The zero-order valence-electron chi connectivity index (χ0n) is 21.1. The maximum Gasteiger partial charge on any atom is 0.268 e. The fourth-order valence-corrected chi connectivity index (χ4v) is 6.15. The molecule has 1 N–H and O–H groups in total. The van der Waals surface area contributed by atoms with Crippen molar-refractivity contribution in [2.24, 2.45) is 0 Å². The zero-order chi connectivity index (χ0) is 26.5. The van der Waals surface area contributed by atoms with Crippen LogP contribution in [-0.2, 0) is 27.7 Å². The molecule has 0 atom stereocenters.